The predicted octanol–water partition coefficient (Wildman–Crippen LogP) is -1.42. The normalized spacial score (nSPS) is 31.6. The lowest BCUT2D eigenvalue weighted by molar-refractivity contribution is -0.163. The van der Waals surface area contributed by atoms with E-state index < -0.39 is 39.8 Å². The van der Waals surface area contributed by atoms with Crippen LogP contribution in [0.2, 0.25) is 0 Å². The summed E-state index contributed by atoms with van der Waals surface area (Å²) in [6.45, 7) is 4.47. The van der Waals surface area contributed by atoms with Gasteiger partial charge in [0.05, 0.1) is 30.2 Å². The maximum Gasteiger partial charge on any atom is 0.352 e. The summed E-state index contributed by atoms with van der Waals surface area (Å²) in [4.78, 5) is 39.4. The van der Waals surface area contributed by atoms with Crippen LogP contribution in [0.1, 0.15) is 20.3 Å². The van der Waals surface area contributed by atoms with E-state index in [1.54, 1.807) is 0 Å². The van der Waals surface area contributed by atoms with E-state index in [4.69, 9.17) is 0 Å². The lowest BCUT2D eigenvalue weighted by atomic mass is 9.77. The highest BCUT2D eigenvalue weighted by molar-refractivity contribution is 7.89. The van der Waals surface area contributed by atoms with Crippen molar-refractivity contribution in [2.75, 3.05) is 25.9 Å². The van der Waals surface area contributed by atoms with Crippen LogP contribution in [0.25, 0.3) is 0 Å². The summed E-state index contributed by atoms with van der Waals surface area (Å²) in [6.07, 6.45) is 0.525. The molecule has 0 aromatic carbocycles. The third-order valence-corrected chi connectivity index (χ3v) is 6.41. The molecular formula is C17H25N3O7S. The molecule has 2 saturated heterocycles. The van der Waals surface area contributed by atoms with Crippen molar-refractivity contribution < 1.29 is 33.0 Å². The summed E-state index contributed by atoms with van der Waals surface area (Å²) in [6, 6.07) is -0.375. The van der Waals surface area contributed by atoms with Crippen molar-refractivity contribution in [2.24, 2.45) is 17.8 Å². The number of amides is 2. The molecule has 0 spiro atoms. The van der Waals surface area contributed by atoms with Crippen molar-refractivity contribution in [1.29, 1.82) is 0 Å². The highest BCUT2D eigenvalue weighted by atomic mass is 32.2. The molecule has 0 aromatic rings. The van der Waals surface area contributed by atoms with Crippen molar-refractivity contribution in [3.63, 3.8) is 0 Å². The Bertz CT molecular complexity index is 851. The molecule has 3 rings (SSSR count). The highest BCUT2D eigenvalue weighted by Crippen LogP contribution is 2.47. The summed E-state index contributed by atoms with van der Waals surface area (Å²) in [5.74, 6) is -3.48. The minimum Gasteiger partial charge on any atom is -0.477 e. The minimum atomic E-state index is -3.63. The second-order valence-electron chi connectivity index (χ2n) is 7.89. The lowest BCUT2D eigenvalue weighted by Crippen LogP contribution is -2.63. The van der Waals surface area contributed by atoms with Gasteiger partial charge in [0.1, 0.15) is 5.70 Å². The summed E-state index contributed by atoms with van der Waals surface area (Å²) >= 11 is 0. The van der Waals surface area contributed by atoms with Gasteiger partial charge in [0, 0.05) is 19.0 Å². The third-order valence-electron chi connectivity index (χ3n) is 5.84. The van der Waals surface area contributed by atoms with Gasteiger partial charge in [-0.1, -0.05) is 6.92 Å². The van der Waals surface area contributed by atoms with E-state index in [9.17, 15) is 33.0 Å². The van der Waals surface area contributed by atoms with Gasteiger partial charge in [-0.05, 0) is 25.5 Å². The van der Waals surface area contributed by atoms with E-state index in [0.717, 1.165) is 6.26 Å². The van der Waals surface area contributed by atoms with Gasteiger partial charge in [0.2, 0.25) is 21.8 Å². The number of carboxylic acid groups (broad SMARTS) is 1. The van der Waals surface area contributed by atoms with Crippen molar-refractivity contribution >= 4 is 27.8 Å². The van der Waals surface area contributed by atoms with E-state index in [2.05, 4.69) is 0 Å². The van der Waals surface area contributed by atoms with Crippen LogP contribution in [0.15, 0.2) is 11.3 Å². The second-order valence-corrected chi connectivity index (χ2v) is 9.64. The molecule has 0 bridgehead atoms. The maximum atomic E-state index is 12.3. The van der Waals surface area contributed by atoms with Crippen LogP contribution in [0.3, 0.4) is 0 Å². The van der Waals surface area contributed by atoms with E-state index in [0.29, 0.717) is 25.1 Å². The quantitative estimate of drug-likeness (QED) is 0.448. The number of likely N-dealkylation sites (tertiary alicyclic amines) is 1. The Morgan fingerprint density at radius 1 is 1.36 bits per heavy atom. The summed E-state index contributed by atoms with van der Waals surface area (Å²) < 4.78 is 24.5. The van der Waals surface area contributed by atoms with E-state index in [-0.39, 0.29) is 30.1 Å². The zero-order valence-electron chi connectivity index (χ0n) is 16.0. The number of rotatable bonds is 6. The van der Waals surface area contributed by atoms with Crippen LogP contribution in [-0.4, -0.2) is 84.3 Å². The fourth-order valence-electron chi connectivity index (χ4n) is 4.55. The molecule has 0 aliphatic carbocycles. The smallest absolute Gasteiger partial charge is 0.352 e. The average Bonchev–Trinajstić information content (AvgIpc) is 3.09. The van der Waals surface area contributed by atoms with Crippen LogP contribution < -0.4 is 4.72 Å². The largest absolute Gasteiger partial charge is 0.477 e. The van der Waals surface area contributed by atoms with Crippen molar-refractivity contribution in [3.05, 3.63) is 11.3 Å². The number of fused-ring (bicyclic) bond motifs is 1. The molecular weight excluding hydrogens is 390 g/mol. The highest BCUT2D eigenvalue weighted by Gasteiger charge is 2.59. The molecule has 3 N–H and O–H groups in total. The Balaban J connectivity index is 1.74. The Hall–Kier alpha value is -1.98. The fourth-order valence-corrected chi connectivity index (χ4v) is 5.08. The molecule has 156 valence electrons. The molecule has 3 aliphatic heterocycles. The molecule has 5 atom stereocenters. The van der Waals surface area contributed by atoms with Gasteiger partial charge in [-0.15, -0.1) is 0 Å². The number of aliphatic hydroxyl groups excluding tert-OH is 1. The lowest BCUT2D eigenvalue weighted by Gasteiger charge is -2.46. The van der Waals surface area contributed by atoms with E-state index >= 15 is 0 Å². The van der Waals surface area contributed by atoms with Gasteiger partial charge in [0.15, 0.2) is 0 Å². The molecule has 0 aromatic heterocycles. The number of carbonyl (C=O) groups is 3. The number of nitrogens with one attached hydrogen (secondary N) is 1. The minimum absolute atomic E-state index is 0.0385. The predicted molar refractivity (Wildman–Crippen MR) is 97.2 cm³/mol. The topological polar surface area (TPSA) is 144 Å². The number of hydrogen-bond acceptors (Lipinski definition) is 7. The van der Waals surface area contributed by atoms with Crippen LogP contribution in [-0.2, 0) is 24.4 Å². The van der Waals surface area contributed by atoms with Gasteiger partial charge in [-0.3, -0.25) is 19.2 Å². The standard InChI is InChI=1S/C17H25N3O7S/c1-8-11(7-19-5-4-10(6-19)15(22)18-28(3,26)27)14(17(24)25)20-13(8)12(9(2)21)16(20)23/h8-10,12-13,21H,4-7H2,1-3H3,(H,18,22)(H,24,25)/t8-,9+,10-,12?,13+/m0/s1. The van der Waals surface area contributed by atoms with E-state index in [1.165, 1.54) is 11.8 Å². The van der Waals surface area contributed by atoms with Crippen LogP contribution in [0.5, 0.6) is 0 Å². The molecule has 3 heterocycles. The van der Waals surface area contributed by atoms with Gasteiger partial charge >= 0.3 is 5.97 Å². The van der Waals surface area contributed by atoms with Crippen LogP contribution in [0, 0.1) is 17.8 Å². The van der Waals surface area contributed by atoms with Crippen molar-refractivity contribution in [2.45, 2.75) is 32.4 Å². The van der Waals surface area contributed by atoms with Crippen molar-refractivity contribution in [1.82, 2.24) is 14.5 Å². The first-order chi connectivity index (χ1) is 12.9. The number of hydrogen-bond donors (Lipinski definition) is 3. The molecule has 28 heavy (non-hydrogen) atoms. The zero-order valence-corrected chi connectivity index (χ0v) is 16.8. The number of sulfonamides is 1. The number of β-lactam (4-membered cyclic amide) rings is 1. The molecule has 2 fully saturated rings. The summed E-state index contributed by atoms with van der Waals surface area (Å²) in [5, 5.41) is 19.5. The Morgan fingerprint density at radius 2 is 2.00 bits per heavy atom. The fraction of sp³-hybridized carbons (Fsp3) is 0.706. The number of carbonyl (C=O) groups excluding carboxylic acids is 2. The Morgan fingerprint density at radius 3 is 2.54 bits per heavy atom. The van der Waals surface area contributed by atoms with Crippen LogP contribution >= 0.6 is 0 Å². The first kappa shape index (κ1) is 20.7. The van der Waals surface area contributed by atoms with Crippen molar-refractivity contribution in [3.8, 4) is 0 Å². The number of nitrogens with zero attached hydrogens (tertiary/aromatic N) is 2. The van der Waals surface area contributed by atoms with Crippen LogP contribution in [0.4, 0.5) is 0 Å². The van der Waals surface area contributed by atoms with Gasteiger partial charge in [-0.25, -0.2) is 13.2 Å². The summed E-state index contributed by atoms with van der Waals surface area (Å²) in [5.41, 5.74) is 0.557. The average molecular weight is 415 g/mol. The monoisotopic (exact) mass is 415 g/mol. The molecule has 3 aliphatic rings. The first-order valence-corrected chi connectivity index (χ1v) is 11.0. The molecule has 0 saturated carbocycles. The third kappa shape index (κ3) is 3.53. The zero-order chi connectivity index (χ0) is 21.0. The Labute approximate surface area is 163 Å². The number of aliphatic carboxylic acids is 1. The van der Waals surface area contributed by atoms with Gasteiger partial charge in [-0.2, -0.15) is 0 Å². The Kier molecular flexibility index (Phi) is 5.28. The molecule has 1 unspecified atom stereocenters. The van der Waals surface area contributed by atoms with Gasteiger partial charge < -0.3 is 15.1 Å². The molecule has 10 nitrogen and oxygen atoms in total. The van der Waals surface area contributed by atoms with Gasteiger partial charge in [0.25, 0.3) is 0 Å². The van der Waals surface area contributed by atoms with E-state index in [1.807, 2.05) is 16.5 Å². The maximum absolute atomic E-state index is 12.3. The molecule has 2 amide bonds. The number of carboxylic acids is 1. The SMILES string of the molecule is C[C@@H](O)C1C(=O)N2C(C(=O)O)=C(CN3CC[C@H](C(=O)NS(C)(=O)=O)C3)[C@H](C)[C@H]12. The second kappa shape index (κ2) is 7.12. The first-order valence-electron chi connectivity index (χ1n) is 9.13. The number of aliphatic hydroxyl groups is 1. The molecule has 0 radical (unpaired) electrons. The summed E-state index contributed by atoms with van der Waals surface area (Å²) in [7, 11) is -3.63. The molecule has 11 heteroatoms.